The summed E-state index contributed by atoms with van der Waals surface area (Å²) in [6.45, 7) is 3.14. The number of carbonyl (C=O) groups is 1. The molecule has 1 aromatic heterocycles. The SMILES string of the molecule is CCCCCCCC(=O)N1CCSC1c1cccs1. The van der Waals surface area contributed by atoms with E-state index in [4.69, 9.17) is 0 Å². The quantitative estimate of drug-likeness (QED) is 0.681. The Morgan fingerprint density at radius 3 is 2.95 bits per heavy atom. The number of unbranched alkanes of at least 4 members (excludes halogenated alkanes) is 4. The zero-order chi connectivity index (χ0) is 13.5. The van der Waals surface area contributed by atoms with Crippen molar-refractivity contribution in [1.82, 2.24) is 4.90 Å². The van der Waals surface area contributed by atoms with Crippen molar-refractivity contribution in [2.75, 3.05) is 12.3 Å². The molecule has 2 nitrogen and oxygen atoms in total. The Morgan fingerprint density at radius 2 is 2.21 bits per heavy atom. The van der Waals surface area contributed by atoms with Crippen molar-refractivity contribution in [2.24, 2.45) is 0 Å². The molecule has 1 atom stereocenters. The number of hydrogen-bond donors (Lipinski definition) is 0. The van der Waals surface area contributed by atoms with Gasteiger partial charge in [0.15, 0.2) is 0 Å². The first-order valence-corrected chi connectivity index (χ1v) is 9.20. The maximum absolute atomic E-state index is 12.3. The van der Waals surface area contributed by atoms with Gasteiger partial charge in [-0.1, -0.05) is 38.7 Å². The lowest BCUT2D eigenvalue weighted by atomic mass is 10.1. The molecule has 1 aliphatic rings. The molecule has 1 unspecified atom stereocenters. The first-order chi connectivity index (χ1) is 9.33. The van der Waals surface area contributed by atoms with Gasteiger partial charge >= 0.3 is 0 Å². The summed E-state index contributed by atoms with van der Waals surface area (Å²) < 4.78 is 0. The van der Waals surface area contributed by atoms with Gasteiger partial charge in [0.05, 0.1) is 0 Å². The predicted octanol–water partition coefficient (Wildman–Crippen LogP) is 4.68. The van der Waals surface area contributed by atoms with Crippen molar-refractivity contribution in [3.8, 4) is 0 Å². The van der Waals surface area contributed by atoms with Crippen LogP contribution >= 0.6 is 23.1 Å². The summed E-state index contributed by atoms with van der Waals surface area (Å²) in [5.41, 5.74) is 0. The van der Waals surface area contributed by atoms with E-state index in [0.29, 0.717) is 5.91 Å². The highest BCUT2D eigenvalue weighted by atomic mass is 32.2. The van der Waals surface area contributed by atoms with Crippen molar-refractivity contribution in [3.63, 3.8) is 0 Å². The molecular formula is C15H23NOS2. The molecule has 0 bridgehead atoms. The van der Waals surface area contributed by atoms with Gasteiger partial charge in [0.25, 0.3) is 0 Å². The molecule has 0 spiro atoms. The van der Waals surface area contributed by atoms with E-state index in [9.17, 15) is 4.79 Å². The van der Waals surface area contributed by atoms with Crippen LogP contribution in [0, 0.1) is 0 Å². The number of carbonyl (C=O) groups excluding carboxylic acids is 1. The standard InChI is InChI=1S/C15H23NOS2/c1-2-3-4-5-6-9-14(17)16-10-12-19-15(16)13-8-7-11-18-13/h7-8,11,15H,2-6,9-10,12H2,1H3. The zero-order valence-corrected chi connectivity index (χ0v) is 13.3. The van der Waals surface area contributed by atoms with Gasteiger partial charge in [0, 0.05) is 23.6 Å². The van der Waals surface area contributed by atoms with Gasteiger partial charge in [0.1, 0.15) is 5.37 Å². The van der Waals surface area contributed by atoms with Crippen LogP contribution in [0.3, 0.4) is 0 Å². The second kappa shape index (κ2) is 7.95. The summed E-state index contributed by atoms with van der Waals surface area (Å²) >= 11 is 3.66. The van der Waals surface area contributed by atoms with Crippen LogP contribution in [-0.4, -0.2) is 23.1 Å². The van der Waals surface area contributed by atoms with E-state index in [1.54, 1.807) is 11.3 Å². The van der Waals surface area contributed by atoms with Gasteiger partial charge in [-0.05, 0) is 17.9 Å². The minimum atomic E-state index is 0.281. The minimum absolute atomic E-state index is 0.281. The number of thiophene rings is 1. The van der Waals surface area contributed by atoms with Gasteiger partial charge in [-0.2, -0.15) is 0 Å². The van der Waals surface area contributed by atoms with Crippen LogP contribution in [-0.2, 0) is 4.79 Å². The number of amides is 1. The number of hydrogen-bond acceptors (Lipinski definition) is 3. The summed E-state index contributed by atoms with van der Waals surface area (Å²) in [6, 6.07) is 4.22. The molecule has 1 aliphatic heterocycles. The molecule has 1 saturated heterocycles. The van der Waals surface area contributed by atoms with E-state index in [1.807, 2.05) is 11.8 Å². The highest BCUT2D eigenvalue weighted by molar-refractivity contribution is 7.99. The smallest absolute Gasteiger partial charge is 0.223 e. The highest BCUT2D eigenvalue weighted by Crippen LogP contribution is 2.40. The third-order valence-corrected chi connectivity index (χ3v) is 5.81. The Kier molecular flexibility index (Phi) is 6.24. The molecule has 1 aromatic rings. The Balaban J connectivity index is 1.78. The van der Waals surface area contributed by atoms with Gasteiger partial charge in [-0.15, -0.1) is 23.1 Å². The van der Waals surface area contributed by atoms with Crippen molar-refractivity contribution in [3.05, 3.63) is 22.4 Å². The van der Waals surface area contributed by atoms with Crippen LogP contribution in [0.5, 0.6) is 0 Å². The van der Waals surface area contributed by atoms with Crippen LogP contribution in [0.25, 0.3) is 0 Å². The molecule has 0 N–H and O–H groups in total. The lowest BCUT2D eigenvalue weighted by molar-refractivity contribution is -0.131. The summed E-state index contributed by atoms with van der Waals surface area (Å²) in [5.74, 6) is 1.42. The van der Waals surface area contributed by atoms with Gasteiger partial charge < -0.3 is 4.90 Å². The molecule has 2 rings (SSSR count). The lowest BCUT2D eigenvalue weighted by Crippen LogP contribution is -2.29. The Hall–Kier alpha value is -0.480. The summed E-state index contributed by atoms with van der Waals surface area (Å²) in [5, 5.41) is 2.38. The first-order valence-electron chi connectivity index (χ1n) is 7.27. The molecule has 1 fully saturated rings. The van der Waals surface area contributed by atoms with Crippen LogP contribution < -0.4 is 0 Å². The summed E-state index contributed by atoms with van der Waals surface area (Å²) in [6.07, 6.45) is 6.81. The molecule has 0 aromatic carbocycles. The molecule has 4 heteroatoms. The fraction of sp³-hybridized carbons (Fsp3) is 0.667. The minimum Gasteiger partial charge on any atom is -0.325 e. The molecule has 106 valence electrons. The van der Waals surface area contributed by atoms with Crippen LogP contribution in [0.1, 0.15) is 55.7 Å². The van der Waals surface area contributed by atoms with E-state index in [1.165, 1.54) is 30.6 Å². The number of nitrogens with zero attached hydrogens (tertiary/aromatic N) is 1. The number of thioether (sulfide) groups is 1. The number of rotatable bonds is 7. The van der Waals surface area contributed by atoms with E-state index in [-0.39, 0.29) is 5.37 Å². The van der Waals surface area contributed by atoms with Crippen molar-refractivity contribution in [2.45, 2.75) is 50.8 Å². The van der Waals surface area contributed by atoms with E-state index >= 15 is 0 Å². The Bertz CT molecular complexity index is 378. The molecule has 2 heterocycles. The van der Waals surface area contributed by atoms with Crippen molar-refractivity contribution >= 4 is 29.0 Å². The average Bonchev–Trinajstić information content (AvgIpc) is 3.08. The largest absolute Gasteiger partial charge is 0.325 e. The molecular weight excluding hydrogens is 274 g/mol. The Labute approximate surface area is 124 Å². The molecule has 0 aliphatic carbocycles. The van der Waals surface area contributed by atoms with Crippen LogP contribution in [0.4, 0.5) is 0 Å². The maximum atomic E-state index is 12.3. The highest BCUT2D eigenvalue weighted by Gasteiger charge is 2.30. The van der Waals surface area contributed by atoms with Gasteiger partial charge in [-0.3, -0.25) is 4.79 Å². The van der Waals surface area contributed by atoms with Gasteiger partial charge in [-0.25, -0.2) is 0 Å². The second-order valence-electron chi connectivity index (χ2n) is 4.99. The first kappa shape index (κ1) is 14.9. The lowest BCUT2D eigenvalue weighted by Gasteiger charge is -2.23. The zero-order valence-electron chi connectivity index (χ0n) is 11.6. The van der Waals surface area contributed by atoms with E-state index < -0.39 is 0 Å². The van der Waals surface area contributed by atoms with Crippen molar-refractivity contribution in [1.29, 1.82) is 0 Å². The van der Waals surface area contributed by atoms with E-state index in [2.05, 4.69) is 29.3 Å². The van der Waals surface area contributed by atoms with Gasteiger partial charge in [0.2, 0.25) is 5.91 Å². The third-order valence-electron chi connectivity index (χ3n) is 3.49. The normalized spacial score (nSPS) is 19.0. The van der Waals surface area contributed by atoms with Crippen LogP contribution in [0.2, 0.25) is 0 Å². The van der Waals surface area contributed by atoms with E-state index in [0.717, 1.165) is 25.1 Å². The van der Waals surface area contributed by atoms with Crippen molar-refractivity contribution < 1.29 is 4.79 Å². The third kappa shape index (κ3) is 4.25. The van der Waals surface area contributed by atoms with Crippen LogP contribution in [0.15, 0.2) is 17.5 Å². The fourth-order valence-corrected chi connectivity index (χ4v) is 4.67. The molecule has 0 saturated carbocycles. The topological polar surface area (TPSA) is 20.3 Å². The second-order valence-corrected chi connectivity index (χ2v) is 7.16. The summed E-state index contributed by atoms with van der Waals surface area (Å²) in [7, 11) is 0. The monoisotopic (exact) mass is 297 g/mol. The molecule has 0 radical (unpaired) electrons. The Morgan fingerprint density at radius 1 is 1.37 bits per heavy atom. The fourth-order valence-electron chi connectivity index (χ4n) is 2.42. The molecule has 19 heavy (non-hydrogen) atoms. The summed E-state index contributed by atoms with van der Waals surface area (Å²) in [4.78, 5) is 15.7. The molecule has 1 amide bonds. The average molecular weight is 297 g/mol. The maximum Gasteiger partial charge on any atom is 0.223 e. The predicted molar refractivity (Wildman–Crippen MR) is 84.6 cm³/mol.